The molecule has 0 saturated carbocycles. The average Bonchev–Trinajstić information content (AvgIpc) is 3.03. The monoisotopic (exact) mass is 371 g/mol. The van der Waals surface area contributed by atoms with Crippen LogP contribution in [-0.4, -0.2) is 16.5 Å². The van der Waals surface area contributed by atoms with Gasteiger partial charge in [-0.2, -0.15) is 0 Å². The van der Waals surface area contributed by atoms with Gasteiger partial charge in [-0.25, -0.2) is 4.98 Å². The first-order valence-electron chi connectivity index (χ1n) is 9.45. The normalized spacial score (nSPS) is 11.0. The van der Waals surface area contributed by atoms with Gasteiger partial charge in [0.15, 0.2) is 0 Å². The van der Waals surface area contributed by atoms with Crippen LogP contribution in [0.1, 0.15) is 22.3 Å². The fourth-order valence-electron chi connectivity index (χ4n) is 3.57. The molecule has 0 aliphatic rings. The Kier molecular flexibility index (Phi) is 4.55. The molecule has 2 heterocycles. The molecule has 4 aromatic rings. The topological polar surface area (TPSA) is 38.6 Å². The lowest BCUT2D eigenvalue weighted by Gasteiger charge is -2.14. The smallest absolute Gasteiger partial charge is 0.143 e. The summed E-state index contributed by atoms with van der Waals surface area (Å²) in [5, 5.41) is 3.67. The molecular weight excluding hydrogens is 346 g/mol. The van der Waals surface area contributed by atoms with Crippen molar-refractivity contribution in [2.24, 2.45) is 0 Å². The third-order valence-electron chi connectivity index (χ3n) is 5.17. The highest BCUT2D eigenvalue weighted by molar-refractivity contribution is 5.81. The second kappa shape index (κ2) is 7.04. The number of nitrogens with one attached hydrogen (secondary N) is 1. The summed E-state index contributed by atoms with van der Waals surface area (Å²) in [5.41, 5.74) is 8.66. The number of aromatic nitrogens is 2. The van der Waals surface area contributed by atoms with E-state index < -0.39 is 0 Å². The molecule has 0 atom stereocenters. The number of hydrogen-bond acceptors (Lipinski definition) is 3. The molecular formula is C24H25N3O. The standard InChI is InChI=1S/C24H25N3O/c1-15-9-12-21-25-23(19-11-10-16(2)20(13-19)28-5)24(27(21)14-15)26-22-17(3)7-6-8-18(22)4/h6-14,26H,1-5H3. The van der Waals surface area contributed by atoms with Crippen molar-refractivity contribution >= 4 is 17.2 Å². The van der Waals surface area contributed by atoms with Gasteiger partial charge < -0.3 is 10.1 Å². The number of aryl methyl sites for hydroxylation is 4. The highest BCUT2D eigenvalue weighted by Gasteiger charge is 2.17. The largest absolute Gasteiger partial charge is 0.496 e. The SMILES string of the molecule is COc1cc(-c2nc3ccc(C)cn3c2Nc2c(C)cccc2C)ccc1C. The average molecular weight is 371 g/mol. The molecule has 0 fully saturated rings. The molecule has 4 heteroatoms. The van der Waals surface area contributed by atoms with E-state index in [4.69, 9.17) is 9.72 Å². The van der Waals surface area contributed by atoms with Crippen molar-refractivity contribution in [3.05, 3.63) is 77.0 Å². The molecule has 1 N–H and O–H groups in total. The number of imidazole rings is 1. The van der Waals surface area contributed by atoms with Crippen molar-refractivity contribution in [1.82, 2.24) is 9.38 Å². The number of benzene rings is 2. The van der Waals surface area contributed by atoms with Crippen LogP contribution in [-0.2, 0) is 0 Å². The zero-order valence-corrected chi connectivity index (χ0v) is 17.0. The van der Waals surface area contributed by atoms with E-state index in [1.165, 1.54) is 16.7 Å². The third-order valence-corrected chi connectivity index (χ3v) is 5.17. The van der Waals surface area contributed by atoms with Gasteiger partial charge in [-0.15, -0.1) is 0 Å². The molecule has 4 rings (SSSR count). The number of pyridine rings is 1. The van der Waals surface area contributed by atoms with Crippen molar-refractivity contribution in [2.75, 3.05) is 12.4 Å². The second-order valence-corrected chi connectivity index (χ2v) is 7.32. The van der Waals surface area contributed by atoms with Crippen LogP contribution in [0.25, 0.3) is 16.9 Å². The minimum Gasteiger partial charge on any atom is -0.496 e. The fourth-order valence-corrected chi connectivity index (χ4v) is 3.57. The van der Waals surface area contributed by atoms with Gasteiger partial charge in [0, 0.05) is 17.4 Å². The van der Waals surface area contributed by atoms with Crippen LogP contribution in [0.2, 0.25) is 0 Å². The van der Waals surface area contributed by atoms with Gasteiger partial charge in [0.2, 0.25) is 0 Å². The van der Waals surface area contributed by atoms with Crippen molar-refractivity contribution in [3.8, 4) is 17.0 Å². The maximum absolute atomic E-state index is 5.54. The number of fused-ring (bicyclic) bond motifs is 1. The van der Waals surface area contributed by atoms with Gasteiger partial charge in [0.1, 0.15) is 22.9 Å². The Bertz CT molecular complexity index is 1150. The summed E-state index contributed by atoms with van der Waals surface area (Å²) in [4.78, 5) is 4.93. The fraction of sp³-hybridized carbons (Fsp3) is 0.208. The van der Waals surface area contributed by atoms with E-state index in [2.05, 4.69) is 85.2 Å². The van der Waals surface area contributed by atoms with Crippen LogP contribution in [0, 0.1) is 27.7 Å². The van der Waals surface area contributed by atoms with Crippen LogP contribution in [0.15, 0.2) is 54.7 Å². The first kappa shape index (κ1) is 18.1. The van der Waals surface area contributed by atoms with Gasteiger partial charge in [-0.05, 0) is 62.1 Å². The van der Waals surface area contributed by atoms with Crippen molar-refractivity contribution in [3.63, 3.8) is 0 Å². The third kappa shape index (κ3) is 3.11. The summed E-state index contributed by atoms with van der Waals surface area (Å²) in [6.07, 6.45) is 2.12. The summed E-state index contributed by atoms with van der Waals surface area (Å²) in [7, 11) is 1.70. The molecule has 0 spiro atoms. The van der Waals surface area contributed by atoms with Gasteiger partial charge in [0.25, 0.3) is 0 Å². The molecule has 0 saturated heterocycles. The van der Waals surface area contributed by atoms with Crippen molar-refractivity contribution in [1.29, 1.82) is 0 Å². The van der Waals surface area contributed by atoms with E-state index in [0.29, 0.717) is 0 Å². The number of nitrogens with zero attached hydrogens (tertiary/aromatic N) is 2. The van der Waals surface area contributed by atoms with Crippen LogP contribution in [0.5, 0.6) is 5.75 Å². The second-order valence-electron chi connectivity index (χ2n) is 7.32. The molecule has 4 nitrogen and oxygen atoms in total. The first-order chi connectivity index (χ1) is 13.5. The predicted molar refractivity (Wildman–Crippen MR) is 116 cm³/mol. The van der Waals surface area contributed by atoms with E-state index >= 15 is 0 Å². The lowest BCUT2D eigenvalue weighted by Crippen LogP contribution is -2.01. The van der Waals surface area contributed by atoms with Gasteiger partial charge in [0.05, 0.1) is 7.11 Å². The van der Waals surface area contributed by atoms with Crippen LogP contribution in [0.3, 0.4) is 0 Å². The number of para-hydroxylation sites is 1. The minimum atomic E-state index is 0.865. The van der Waals surface area contributed by atoms with Crippen LogP contribution in [0.4, 0.5) is 11.5 Å². The molecule has 0 unspecified atom stereocenters. The van der Waals surface area contributed by atoms with Gasteiger partial charge in [-0.3, -0.25) is 4.40 Å². The van der Waals surface area contributed by atoms with Crippen molar-refractivity contribution in [2.45, 2.75) is 27.7 Å². The van der Waals surface area contributed by atoms with E-state index in [0.717, 1.165) is 39.7 Å². The Morgan fingerprint density at radius 1 is 0.893 bits per heavy atom. The van der Waals surface area contributed by atoms with E-state index in [9.17, 15) is 0 Å². The van der Waals surface area contributed by atoms with Gasteiger partial charge in [-0.1, -0.05) is 36.4 Å². The summed E-state index contributed by atoms with van der Waals surface area (Å²) < 4.78 is 7.67. The molecule has 28 heavy (non-hydrogen) atoms. The molecule has 2 aromatic heterocycles. The number of methoxy groups -OCH3 is 1. The Morgan fingerprint density at radius 2 is 1.64 bits per heavy atom. The van der Waals surface area contributed by atoms with Crippen LogP contribution < -0.4 is 10.1 Å². The Morgan fingerprint density at radius 3 is 2.36 bits per heavy atom. The molecule has 0 aliphatic carbocycles. The molecule has 0 aliphatic heterocycles. The molecule has 2 aromatic carbocycles. The zero-order chi connectivity index (χ0) is 19.8. The highest BCUT2D eigenvalue weighted by atomic mass is 16.5. The molecule has 0 bridgehead atoms. The zero-order valence-electron chi connectivity index (χ0n) is 17.0. The van der Waals surface area contributed by atoms with E-state index in [1.54, 1.807) is 7.11 Å². The Hall–Kier alpha value is -3.27. The summed E-state index contributed by atoms with van der Waals surface area (Å²) >= 11 is 0. The van der Waals surface area contributed by atoms with Gasteiger partial charge >= 0.3 is 0 Å². The number of rotatable bonds is 4. The predicted octanol–water partition coefficient (Wildman–Crippen LogP) is 5.99. The summed E-state index contributed by atoms with van der Waals surface area (Å²) in [5.74, 6) is 1.82. The lowest BCUT2D eigenvalue weighted by molar-refractivity contribution is 0.412. The summed E-state index contributed by atoms with van der Waals surface area (Å²) in [6, 6.07) is 16.7. The maximum atomic E-state index is 5.54. The van der Waals surface area contributed by atoms with E-state index in [-0.39, 0.29) is 0 Å². The first-order valence-corrected chi connectivity index (χ1v) is 9.45. The molecule has 0 amide bonds. The highest BCUT2D eigenvalue weighted by Crippen LogP contribution is 2.35. The number of ether oxygens (including phenoxy) is 1. The maximum Gasteiger partial charge on any atom is 0.143 e. The molecule has 0 radical (unpaired) electrons. The van der Waals surface area contributed by atoms with E-state index in [1.807, 2.05) is 6.92 Å². The number of anilines is 2. The Balaban J connectivity index is 1.95. The van der Waals surface area contributed by atoms with Crippen molar-refractivity contribution < 1.29 is 4.74 Å². The minimum absolute atomic E-state index is 0.865. The van der Waals surface area contributed by atoms with Crippen LogP contribution >= 0.6 is 0 Å². The lowest BCUT2D eigenvalue weighted by atomic mass is 10.1. The quantitative estimate of drug-likeness (QED) is 0.479. The number of hydrogen-bond donors (Lipinski definition) is 1. The molecule has 142 valence electrons. The summed E-state index contributed by atoms with van der Waals surface area (Å²) in [6.45, 7) is 8.39. The Labute approximate surface area is 165 Å².